The topological polar surface area (TPSA) is 40.0 Å². The summed E-state index contributed by atoms with van der Waals surface area (Å²) < 4.78 is 17.3. The molecule has 3 aromatic carbocycles. The van der Waals surface area contributed by atoms with Gasteiger partial charge in [-0.05, 0) is 67.9 Å². The summed E-state index contributed by atoms with van der Waals surface area (Å²) >= 11 is 0. The average Bonchev–Trinajstić information content (AvgIpc) is 2.69. The van der Waals surface area contributed by atoms with E-state index in [1.807, 2.05) is 92.7 Å². The van der Waals surface area contributed by atoms with Crippen LogP contribution in [0.1, 0.15) is 12.5 Å². The normalized spacial score (nSPS) is 12.3. The average molecular weight is 361 g/mol. The Balaban J connectivity index is 1.86. The van der Waals surface area contributed by atoms with Crippen LogP contribution in [-0.2, 0) is 0 Å². The second-order valence-corrected chi connectivity index (χ2v) is 6.14. The van der Waals surface area contributed by atoms with Gasteiger partial charge in [-0.3, -0.25) is 0 Å². The van der Waals surface area contributed by atoms with Crippen molar-refractivity contribution < 1.29 is 14.2 Å². The lowest BCUT2D eigenvalue weighted by atomic mass is 10.2. The number of aryl methyl sites for hydroxylation is 1. The van der Waals surface area contributed by atoms with Crippen LogP contribution in [0.5, 0.6) is 17.2 Å². The molecule has 0 aliphatic rings. The fourth-order valence-electron chi connectivity index (χ4n) is 2.53. The minimum atomic E-state index is -0.367. The minimum Gasteiger partial charge on any atom is -0.497 e. The Labute approximate surface area is 160 Å². The summed E-state index contributed by atoms with van der Waals surface area (Å²) in [6.45, 7) is 3.96. The van der Waals surface area contributed by atoms with Gasteiger partial charge >= 0.3 is 0 Å². The van der Waals surface area contributed by atoms with E-state index in [9.17, 15) is 0 Å². The molecule has 27 heavy (non-hydrogen) atoms. The van der Waals surface area contributed by atoms with Crippen molar-refractivity contribution in [1.29, 1.82) is 0 Å². The lowest BCUT2D eigenvalue weighted by Crippen LogP contribution is -2.28. The summed E-state index contributed by atoms with van der Waals surface area (Å²) in [7, 11) is 1.64. The van der Waals surface area contributed by atoms with Crippen LogP contribution >= 0.6 is 0 Å². The first-order valence-electron chi connectivity index (χ1n) is 8.83. The van der Waals surface area contributed by atoms with Crippen LogP contribution in [0.25, 0.3) is 0 Å². The summed E-state index contributed by atoms with van der Waals surface area (Å²) in [4.78, 5) is 4.66. The van der Waals surface area contributed by atoms with Gasteiger partial charge in [0.2, 0.25) is 5.90 Å². The Morgan fingerprint density at radius 2 is 1.52 bits per heavy atom. The summed E-state index contributed by atoms with van der Waals surface area (Å²) in [6.07, 6.45) is -0.367. The molecular formula is C23H23NO3. The highest BCUT2D eigenvalue weighted by molar-refractivity contribution is 5.85. The van der Waals surface area contributed by atoms with Crippen molar-refractivity contribution in [2.45, 2.75) is 20.0 Å². The highest BCUT2D eigenvalue weighted by Gasteiger charge is 2.16. The summed E-state index contributed by atoms with van der Waals surface area (Å²) in [5, 5.41) is 0. The van der Waals surface area contributed by atoms with E-state index in [2.05, 4.69) is 4.99 Å². The third kappa shape index (κ3) is 5.35. The third-order valence-corrected chi connectivity index (χ3v) is 3.93. The largest absolute Gasteiger partial charge is 0.497 e. The van der Waals surface area contributed by atoms with Gasteiger partial charge in [-0.2, -0.15) is 0 Å². The molecule has 0 heterocycles. The van der Waals surface area contributed by atoms with Crippen LogP contribution < -0.4 is 14.2 Å². The molecule has 138 valence electrons. The zero-order valence-electron chi connectivity index (χ0n) is 15.8. The first kappa shape index (κ1) is 18.5. The van der Waals surface area contributed by atoms with Gasteiger partial charge in [0.05, 0.1) is 12.8 Å². The van der Waals surface area contributed by atoms with Crippen molar-refractivity contribution in [3.05, 3.63) is 84.4 Å². The molecule has 0 aliphatic heterocycles. The van der Waals surface area contributed by atoms with Crippen molar-refractivity contribution in [1.82, 2.24) is 0 Å². The van der Waals surface area contributed by atoms with E-state index in [-0.39, 0.29) is 6.10 Å². The predicted octanol–water partition coefficient (Wildman–Crippen LogP) is 5.58. The van der Waals surface area contributed by atoms with E-state index >= 15 is 0 Å². The number of para-hydroxylation sites is 1. The monoisotopic (exact) mass is 361 g/mol. The van der Waals surface area contributed by atoms with Gasteiger partial charge in [0.25, 0.3) is 0 Å². The number of ether oxygens (including phenoxy) is 3. The van der Waals surface area contributed by atoms with Crippen LogP contribution in [0, 0.1) is 6.92 Å². The van der Waals surface area contributed by atoms with Gasteiger partial charge in [0, 0.05) is 0 Å². The maximum atomic E-state index is 6.07. The number of rotatable bonds is 6. The van der Waals surface area contributed by atoms with Crippen molar-refractivity contribution in [2.75, 3.05) is 7.11 Å². The van der Waals surface area contributed by atoms with Crippen molar-refractivity contribution in [3.8, 4) is 17.2 Å². The van der Waals surface area contributed by atoms with E-state index < -0.39 is 0 Å². The molecule has 1 atom stereocenters. The predicted molar refractivity (Wildman–Crippen MR) is 108 cm³/mol. The molecule has 0 aliphatic carbocycles. The zero-order valence-corrected chi connectivity index (χ0v) is 15.8. The molecule has 0 saturated heterocycles. The molecular weight excluding hydrogens is 338 g/mol. The van der Waals surface area contributed by atoms with Gasteiger partial charge in [-0.25, -0.2) is 4.99 Å². The van der Waals surface area contributed by atoms with Crippen molar-refractivity contribution in [2.24, 2.45) is 4.99 Å². The molecule has 0 fully saturated rings. The van der Waals surface area contributed by atoms with E-state index in [1.165, 1.54) is 0 Å². The smallest absolute Gasteiger partial charge is 0.236 e. The molecule has 3 aromatic rings. The van der Waals surface area contributed by atoms with Crippen molar-refractivity contribution in [3.63, 3.8) is 0 Å². The summed E-state index contributed by atoms with van der Waals surface area (Å²) in [5.74, 6) is 2.75. The molecule has 0 spiro atoms. The maximum absolute atomic E-state index is 6.07. The van der Waals surface area contributed by atoms with Crippen LogP contribution in [0.2, 0.25) is 0 Å². The molecule has 1 unspecified atom stereocenters. The number of methoxy groups -OCH3 is 1. The van der Waals surface area contributed by atoms with Crippen LogP contribution in [0.4, 0.5) is 5.69 Å². The number of nitrogens with zero attached hydrogens (tertiary/aromatic N) is 1. The second-order valence-electron chi connectivity index (χ2n) is 6.14. The molecule has 4 heteroatoms. The second kappa shape index (κ2) is 8.90. The standard InChI is InChI=1S/C23H23NO3/c1-17-8-7-11-22(16-17)26-18(2)23(27-21-9-5-4-6-10-21)24-19-12-14-20(25-3)15-13-19/h4-16,18H,1-3H3. The highest BCUT2D eigenvalue weighted by Crippen LogP contribution is 2.21. The van der Waals surface area contributed by atoms with Gasteiger partial charge < -0.3 is 14.2 Å². The fraction of sp³-hybridized carbons (Fsp3) is 0.174. The quantitative estimate of drug-likeness (QED) is 0.425. The van der Waals surface area contributed by atoms with E-state index in [0.29, 0.717) is 11.6 Å². The molecule has 4 nitrogen and oxygen atoms in total. The van der Waals surface area contributed by atoms with Crippen LogP contribution in [0.15, 0.2) is 83.9 Å². The highest BCUT2D eigenvalue weighted by atomic mass is 16.5. The minimum absolute atomic E-state index is 0.367. The number of hydrogen-bond donors (Lipinski definition) is 0. The summed E-state index contributed by atoms with van der Waals surface area (Å²) in [5.41, 5.74) is 1.90. The molecule has 0 amide bonds. The lowest BCUT2D eigenvalue weighted by Gasteiger charge is -2.18. The van der Waals surface area contributed by atoms with Gasteiger partial charge in [0.15, 0.2) is 6.10 Å². The van der Waals surface area contributed by atoms with Crippen LogP contribution in [0.3, 0.4) is 0 Å². The van der Waals surface area contributed by atoms with E-state index in [0.717, 1.165) is 22.7 Å². The molecule has 0 bridgehead atoms. The van der Waals surface area contributed by atoms with E-state index in [1.54, 1.807) is 7.11 Å². The number of hydrogen-bond acceptors (Lipinski definition) is 4. The Hall–Kier alpha value is -3.27. The SMILES string of the molecule is COc1ccc(N=C(Oc2ccccc2)C(C)Oc2cccc(C)c2)cc1. The first-order chi connectivity index (χ1) is 13.1. The number of benzene rings is 3. The fourth-order valence-corrected chi connectivity index (χ4v) is 2.53. The third-order valence-electron chi connectivity index (χ3n) is 3.93. The maximum Gasteiger partial charge on any atom is 0.236 e. The molecule has 0 radical (unpaired) electrons. The van der Waals surface area contributed by atoms with E-state index in [4.69, 9.17) is 14.2 Å². The Bertz CT molecular complexity index is 889. The summed E-state index contributed by atoms with van der Waals surface area (Å²) in [6, 6.07) is 25.0. The molecule has 0 aromatic heterocycles. The van der Waals surface area contributed by atoms with Crippen molar-refractivity contribution >= 4 is 11.6 Å². The zero-order chi connectivity index (χ0) is 19.1. The molecule has 0 saturated carbocycles. The Morgan fingerprint density at radius 1 is 0.815 bits per heavy atom. The number of aliphatic imine (C=N–C) groups is 1. The van der Waals surface area contributed by atoms with Crippen LogP contribution in [-0.4, -0.2) is 19.1 Å². The Morgan fingerprint density at radius 3 is 2.19 bits per heavy atom. The molecule has 3 rings (SSSR count). The Kier molecular flexibility index (Phi) is 6.10. The first-order valence-corrected chi connectivity index (χ1v) is 8.83. The van der Waals surface area contributed by atoms with Gasteiger partial charge in [-0.1, -0.05) is 30.3 Å². The van der Waals surface area contributed by atoms with Gasteiger partial charge in [0.1, 0.15) is 17.2 Å². The lowest BCUT2D eigenvalue weighted by molar-refractivity contribution is 0.262. The molecule has 0 N–H and O–H groups in total. The van der Waals surface area contributed by atoms with Gasteiger partial charge in [-0.15, -0.1) is 0 Å².